The highest BCUT2D eigenvalue weighted by Gasteiger charge is 2.04. The van der Waals surface area contributed by atoms with Gasteiger partial charge in [0, 0.05) is 0 Å². The Hall–Kier alpha value is 0. The van der Waals surface area contributed by atoms with Crippen molar-refractivity contribution in [1.82, 2.24) is 0 Å². The molecule has 0 heteroatoms. The fourth-order valence-corrected chi connectivity index (χ4v) is 3.21. The Bertz CT molecular complexity index is 180. The highest BCUT2D eigenvalue weighted by Crippen LogP contribution is 2.19. The molecule has 1 unspecified atom stereocenters. The molecule has 0 aliphatic heterocycles. The van der Waals surface area contributed by atoms with Crippen LogP contribution >= 0.6 is 0 Å². The van der Waals surface area contributed by atoms with Gasteiger partial charge in [-0.1, -0.05) is 105 Å². The van der Waals surface area contributed by atoms with Crippen molar-refractivity contribution in [3.8, 4) is 0 Å². The standard InChI is InChI=1S/C20H42/c1-18(2)15-13-11-9-7-6-8-10-12-14-16-20(5)17-19(3)4/h18-20H,6-17H2,1-5H3. The van der Waals surface area contributed by atoms with E-state index in [0.717, 1.165) is 17.8 Å². The minimum atomic E-state index is 0.876. The molecule has 0 saturated heterocycles. The van der Waals surface area contributed by atoms with Gasteiger partial charge in [-0.25, -0.2) is 0 Å². The van der Waals surface area contributed by atoms with Gasteiger partial charge in [0.25, 0.3) is 0 Å². The van der Waals surface area contributed by atoms with Crippen molar-refractivity contribution in [2.75, 3.05) is 0 Å². The Balaban J connectivity index is 3.10. The van der Waals surface area contributed by atoms with E-state index in [1.54, 1.807) is 0 Å². The van der Waals surface area contributed by atoms with Crippen LogP contribution < -0.4 is 0 Å². The van der Waals surface area contributed by atoms with Crippen LogP contribution in [-0.2, 0) is 0 Å². The lowest BCUT2D eigenvalue weighted by atomic mass is 9.93. The minimum absolute atomic E-state index is 0.876. The van der Waals surface area contributed by atoms with Crippen LogP contribution in [-0.4, -0.2) is 0 Å². The quantitative estimate of drug-likeness (QED) is 0.287. The van der Waals surface area contributed by atoms with Crippen molar-refractivity contribution in [1.29, 1.82) is 0 Å². The topological polar surface area (TPSA) is 0 Å². The zero-order chi connectivity index (χ0) is 15.2. The van der Waals surface area contributed by atoms with Crippen LogP contribution in [0.2, 0.25) is 0 Å². The highest BCUT2D eigenvalue weighted by molar-refractivity contribution is 4.57. The Morgan fingerprint density at radius 1 is 0.450 bits per heavy atom. The van der Waals surface area contributed by atoms with E-state index in [2.05, 4.69) is 34.6 Å². The SMILES string of the molecule is CC(C)CCCCCCCCCCCC(C)CC(C)C. The van der Waals surface area contributed by atoms with E-state index in [-0.39, 0.29) is 0 Å². The summed E-state index contributed by atoms with van der Waals surface area (Å²) in [6.45, 7) is 11.8. The minimum Gasteiger partial charge on any atom is -0.0628 e. The average molecular weight is 283 g/mol. The summed E-state index contributed by atoms with van der Waals surface area (Å²) in [5.41, 5.74) is 0. The molecule has 0 spiro atoms. The molecular weight excluding hydrogens is 240 g/mol. The van der Waals surface area contributed by atoms with Crippen LogP contribution in [0.4, 0.5) is 0 Å². The normalized spacial score (nSPS) is 13.3. The molecule has 0 amide bonds. The fourth-order valence-electron chi connectivity index (χ4n) is 3.21. The number of unbranched alkanes of at least 4 members (excludes halogenated alkanes) is 8. The first-order chi connectivity index (χ1) is 9.52. The van der Waals surface area contributed by atoms with Crippen LogP contribution in [0.5, 0.6) is 0 Å². The van der Waals surface area contributed by atoms with E-state index in [1.807, 2.05) is 0 Å². The first-order valence-electron chi connectivity index (χ1n) is 9.52. The first-order valence-corrected chi connectivity index (χ1v) is 9.52. The van der Waals surface area contributed by atoms with Crippen LogP contribution in [0, 0.1) is 17.8 Å². The molecule has 0 radical (unpaired) electrons. The molecule has 122 valence electrons. The van der Waals surface area contributed by atoms with Gasteiger partial charge < -0.3 is 0 Å². The summed E-state index contributed by atoms with van der Waals surface area (Å²) >= 11 is 0. The van der Waals surface area contributed by atoms with E-state index in [0.29, 0.717) is 0 Å². The predicted octanol–water partition coefficient (Wildman–Crippen LogP) is 7.62. The van der Waals surface area contributed by atoms with Crippen LogP contribution in [0.3, 0.4) is 0 Å². The molecule has 0 aliphatic carbocycles. The molecule has 0 rings (SSSR count). The molecule has 1 atom stereocenters. The molecule has 0 aromatic heterocycles. The van der Waals surface area contributed by atoms with Crippen molar-refractivity contribution in [2.45, 2.75) is 112 Å². The number of hydrogen-bond donors (Lipinski definition) is 0. The number of hydrogen-bond acceptors (Lipinski definition) is 0. The molecule has 0 aliphatic rings. The molecule has 20 heavy (non-hydrogen) atoms. The third kappa shape index (κ3) is 16.1. The molecule has 0 bridgehead atoms. The summed E-state index contributed by atoms with van der Waals surface area (Å²) in [6.07, 6.45) is 17.5. The lowest BCUT2D eigenvalue weighted by molar-refractivity contribution is 0.397. The average Bonchev–Trinajstić information content (AvgIpc) is 2.34. The van der Waals surface area contributed by atoms with Gasteiger partial charge in [-0.3, -0.25) is 0 Å². The Morgan fingerprint density at radius 2 is 0.850 bits per heavy atom. The molecule has 0 saturated carbocycles. The second-order valence-corrected chi connectivity index (χ2v) is 7.89. The maximum Gasteiger partial charge on any atom is -0.0440 e. The molecule has 0 heterocycles. The van der Waals surface area contributed by atoms with E-state index >= 15 is 0 Å². The van der Waals surface area contributed by atoms with Gasteiger partial charge in [0.05, 0.1) is 0 Å². The van der Waals surface area contributed by atoms with Gasteiger partial charge >= 0.3 is 0 Å². The monoisotopic (exact) mass is 282 g/mol. The van der Waals surface area contributed by atoms with Gasteiger partial charge in [0.15, 0.2) is 0 Å². The smallest absolute Gasteiger partial charge is 0.0440 e. The third-order valence-electron chi connectivity index (χ3n) is 4.35. The largest absolute Gasteiger partial charge is 0.0628 e. The predicted molar refractivity (Wildman–Crippen MR) is 94.2 cm³/mol. The Morgan fingerprint density at radius 3 is 1.25 bits per heavy atom. The fraction of sp³-hybridized carbons (Fsp3) is 1.00. The van der Waals surface area contributed by atoms with E-state index in [4.69, 9.17) is 0 Å². The summed E-state index contributed by atoms with van der Waals surface area (Å²) in [6, 6.07) is 0. The second-order valence-electron chi connectivity index (χ2n) is 7.89. The molecular formula is C20H42. The molecule has 0 aromatic rings. The van der Waals surface area contributed by atoms with Crippen molar-refractivity contribution < 1.29 is 0 Å². The van der Waals surface area contributed by atoms with Crippen LogP contribution in [0.1, 0.15) is 112 Å². The van der Waals surface area contributed by atoms with Gasteiger partial charge in [-0.15, -0.1) is 0 Å². The molecule has 0 fully saturated rings. The zero-order valence-corrected chi connectivity index (χ0v) is 15.2. The van der Waals surface area contributed by atoms with E-state index < -0.39 is 0 Å². The van der Waals surface area contributed by atoms with Crippen LogP contribution in [0.15, 0.2) is 0 Å². The number of rotatable bonds is 14. The zero-order valence-electron chi connectivity index (χ0n) is 15.2. The maximum atomic E-state index is 2.43. The summed E-state index contributed by atoms with van der Waals surface area (Å²) in [5.74, 6) is 2.71. The Kier molecular flexibility index (Phi) is 14.0. The second kappa shape index (κ2) is 14.0. The lowest BCUT2D eigenvalue weighted by Crippen LogP contribution is -1.99. The van der Waals surface area contributed by atoms with Gasteiger partial charge in [0.1, 0.15) is 0 Å². The van der Waals surface area contributed by atoms with Crippen molar-refractivity contribution in [2.24, 2.45) is 17.8 Å². The van der Waals surface area contributed by atoms with Crippen molar-refractivity contribution >= 4 is 0 Å². The molecule has 0 N–H and O–H groups in total. The van der Waals surface area contributed by atoms with E-state index in [1.165, 1.54) is 77.0 Å². The van der Waals surface area contributed by atoms with Crippen molar-refractivity contribution in [3.05, 3.63) is 0 Å². The summed E-state index contributed by atoms with van der Waals surface area (Å²) < 4.78 is 0. The third-order valence-corrected chi connectivity index (χ3v) is 4.35. The van der Waals surface area contributed by atoms with Gasteiger partial charge in [0.2, 0.25) is 0 Å². The summed E-state index contributed by atoms with van der Waals surface area (Å²) in [5, 5.41) is 0. The van der Waals surface area contributed by atoms with Crippen molar-refractivity contribution in [3.63, 3.8) is 0 Å². The van der Waals surface area contributed by atoms with Gasteiger partial charge in [-0.05, 0) is 24.2 Å². The Labute approximate surface area is 130 Å². The molecule has 0 nitrogen and oxygen atoms in total. The van der Waals surface area contributed by atoms with E-state index in [9.17, 15) is 0 Å². The highest BCUT2D eigenvalue weighted by atomic mass is 14.1. The maximum absolute atomic E-state index is 2.43. The first kappa shape index (κ1) is 20.0. The summed E-state index contributed by atoms with van der Waals surface area (Å²) in [4.78, 5) is 0. The lowest BCUT2D eigenvalue weighted by Gasteiger charge is -2.13. The molecule has 0 aromatic carbocycles. The van der Waals surface area contributed by atoms with Crippen LogP contribution in [0.25, 0.3) is 0 Å². The summed E-state index contributed by atoms with van der Waals surface area (Å²) in [7, 11) is 0. The van der Waals surface area contributed by atoms with Gasteiger partial charge in [-0.2, -0.15) is 0 Å².